The number of para-hydroxylation sites is 2. The van der Waals surface area contributed by atoms with Gasteiger partial charge in [-0.1, -0.05) is 36.4 Å². The number of carbonyl (C=O) groups is 2. The molecule has 0 bridgehead atoms. The molecule has 0 atom stereocenters. The van der Waals surface area contributed by atoms with Gasteiger partial charge >= 0.3 is 0 Å². The molecule has 2 aromatic carbocycles. The van der Waals surface area contributed by atoms with Crippen LogP contribution in [0.25, 0.3) is 0 Å². The molecule has 0 radical (unpaired) electrons. The van der Waals surface area contributed by atoms with E-state index in [0.717, 1.165) is 10.4 Å². The van der Waals surface area contributed by atoms with Gasteiger partial charge in [-0.25, -0.2) is 0 Å². The van der Waals surface area contributed by atoms with Crippen LogP contribution in [0.4, 0.5) is 0 Å². The number of aryl methyl sites for hydroxylation is 1. The van der Waals surface area contributed by atoms with Crippen LogP contribution in [0.2, 0.25) is 0 Å². The van der Waals surface area contributed by atoms with Crippen LogP contribution < -0.4 is 20.3 Å². The summed E-state index contributed by atoms with van der Waals surface area (Å²) >= 11 is 0. The lowest BCUT2D eigenvalue weighted by molar-refractivity contribution is -0.130. The first-order chi connectivity index (χ1) is 14.1. The first-order valence-electron chi connectivity index (χ1n) is 8.81. The van der Waals surface area contributed by atoms with E-state index in [4.69, 9.17) is 9.47 Å². The van der Waals surface area contributed by atoms with E-state index in [1.165, 1.54) is 0 Å². The Kier molecular flexibility index (Phi) is 6.71. The molecule has 150 valence electrons. The predicted molar refractivity (Wildman–Crippen MR) is 102 cm³/mol. The Bertz CT molecular complexity index is 960. The predicted octanol–water partition coefficient (Wildman–Crippen LogP) is 0.787. The summed E-state index contributed by atoms with van der Waals surface area (Å²) in [4.78, 5) is 24.8. The molecule has 0 spiro atoms. The second kappa shape index (κ2) is 9.83. The van der Waals surface area contributed by atoms with E-state index in [-0.39, 0.29) is 19.8 Å². The highest BCUT2D eigenvalue weighted by molar-refractivity contribution is 5.82. The van der Waals surface area contributed by atoms with E-state index in [1.807, 2.05) is 55.5 Å². The molecule has 1 heterocycles. The van der Waals surface area contributed by atoms with Gasteiger partial charge in [0.25, 0.3) is 11.8 Å². The van der Waals surface area contributed by atoms with Crippen molar-refractivity contribution in [3.63, 3.8) is 0 Å². The minimum atomic E-state index is -0.512. The Labute approximate surface area is 166 Å². The highest BCUT2D eigenvalue weighted by Crippen LogP contribution is 2.15. The van der Waals surface area contributed by atoms with Gasteiger partial charge < -0.3 is 9.47 Å². The van der Waals surface area contributed by atoms with Crippen LogP contribution in [0.5, 0.6) is 11.5 Å². The van der Waals surface area contributed by atoms with Crippen molar-refractivity contribution in [1.29, 1.82) is 0 Å². The van der Waals surface area contributed by atoms with E-state index >= 15 is 0 Å². The average Bonchev–Trinajstić information content (AvgIpc) is 3.18. The van der Waals surface area contributed by atoms with Gasteiger partial charge in [0.2, 0.25) is 5.82 Å². The number of rotatable bonds is 8. The van der Waals surface area contributed by atoms with Crippen molar-refractivity contribution in [3.05, 3.63) is 66.0 Å². The van der Waals surface area contributed by atoms with Crippen molar-refractivity contribution in [2.24, 2.45) is 0 Å². The van der Waals surface area contributed by atoms with Crippen LogP contribution in [-0.4, -0.2) is 38.6 Å². The van der Waals surface area contributed by atoms with Crippen molar-refractivity contribution in [3.8, 4) is 11.5 Å². The summed E-state index contributed by atoms with van der Waals surface area (Å²) in [5, 5.41) is 11.6. The molecule has 3 rings (SSSR count). The zero-order valence-electron chi connectivity index (χ0n) is 15.7. The summed E-state index contributed by atoms with van der Waals surface area (Å²) in [6.07, 6.45) is 0. The van der Waals surface area contributed by atoms with Gasteiger partial charge in [0.1, 0.15) is 18.0 Å². The quantitative estimate of drug-likeness (QED) is 0.540. The van der Waals surface area contributed by atoms with Crippen molar-refractivity contribution < 1.29 is 19.1 Å². The molecule has 10 nitrogen and oxygen atoms in total. The number of ether oxygens (including phenoxy) is 2. The molecule has 2 amide bonds. The van der Waals surface area contributed by atoms with Crippen LogP contribution in [0.1, 0.15) is 11.4 Å². The van der Waals surface area contributed by atoms with Gasteiger partial charge in [0, 0.05) is 0 Å². The molecule has 0 saturated carbocycles. The normalized spacial score (nSPS) is 10.2. The van der Waals surface area contributed by atoms with Crippen LogP contribution in [-0.2, 0) is 22.7 Å². The van der Waals surface area contributed by atoms with Crippen LogP contribution in [0.15, 0.2) is 54.6 Å². The zero-order valence-corrected chi connectivity index (χ0v) is 15.7. The molecule has 3 aromatic rings. The fraction of sp³-hybridized carbons (Fsp3) is 0.211. The minimum Gasteiger partial charge on any atom is -0.485 e. The molecule has 0 aliphatic rings. The highest BCUT2D eigenvalue weighted by Gasteiger charge is 2.10. The number of tetrazole rings is 1. The second-order valence-corrected chi connectivity index (χ2v) is 5.99. The lowest BCUT2D eigenvalue weighted by Gasteiger charge is -2.09. The molecule has 10 heteroatoms. The van der Waals surface area contributed by atoms with E-state index in [9.17, 15) is 9.59 Å². The number of carbonyl (C=O) groups excluding carboxylic acids is 2. The summed E-state index contributed by atoms with van der Waals surface area (Å²) in [7, 11) is 0. The van der Waals surface area contributed by atoms with Crippen molar-refractivity contribution >= 4 is 11.8 Å². The Morgan fingerprint density at radius 3 is 2.48 bits per heavy atom. The summed E-state index contributed by atoms with van der Waals surface area (Å²) in [5.74, 6) is 0.604. The van der Waals surface area contributed by atoms with Crippen molar-refractivity contribution in [2.45, 2.75) is 20.1 Å². The number of nitrogens with one attached hydrogen (secondary N) is 2. The van der Waals surface area contributed by atoms with Gasteiger partial charge in [0.15, 0.2) is 13.2 Å². The smallest absolute Gasteiger partial charge is 0.276 e. The van der Waals surface area contributed by atoms with Crippen molar-refractivity contribution in [2.75, 3.05) is 6.61 Å². The Hall–Kier alpha value is -3.95. The van der Waals surface area contributed by atoms with Crippen LogP contribution >= 0.6 is 0 Å². The Morgan fingerprint density at radius 1 is 0.966 bits per heavy atom. The minimum absolute atomic E-state index is 0.124. The number of hydrogen-bond donors (Lipinski definition) is 2. The molecule has 29 heavy (non-hydrogen) atoms. The largest absolute Gasteiger partial charge is 0.485 e. The lowest BCUT2D eigenvalue weighted by atomic mass is 10.2. The Morgan fingerprint density at radius 2 is 1.69 bits per heavy atom. The summed E-state index contributed by atoms with van der Waals surface area (Å²) in [5.41, 5.74) is 5.45. The molecule has 1 aromatic heterocycles. The number of amides is 2. The molecular weight excluding hydrogens is 376 g/mol. The van der Waals surface area contributed by atoms with Crippen LogP contribution in [0.3, 0.4) is 0 Å². The van der Waals surface area contributed by atoms with Gasteiger partial charge in [0.05, 0.1) is 0 Å². The average molecular weight is 396 g/mol. The maximum atomic E-state index is 11.9. The van der Waals surface area contributed by atoms with Gasteiger partial charge in [-0.2, -0.15) is 4.80 Å². The van der Waals surface area contributed by atoms with Gasteiger partial charge in [-0.15, -0.1) is 10.2 Å². The summed E-state index contributed by atoms with van der Waals surface area (Å²) in [6, 6.07) is 16.5. The molecule has 0 aliphatic carbocycles. The monoisotopic (exact) mass is 396 g/mol. The Balaban J connectivity index is 1.37. The van der Waals surface area contributed by atoms with E-state index in [1.54, 1.807) is 6.07 Å². The maximum Gasteiger partial charge on any atom is 0.276 e. The molecule has 0 aliphatic heterocycles. The third-order valence-electron chi connectivity index (χ3n) is 3.68. The fourth-order valence-corrected chi connectivity index (χ4v) is 2.27. The molecular formula is C19H20N6O4. The molecule has 0 unspecified atom stereocenters. The number of hydrazine groups is 1. The third kappa shape index (κ3) is 6.31. The van der Waals surface area contributed by atoms with Gasteiger partial charge in [-0.3, -0.25) is 20.4 Å². The summed E-state index contributed by atoms with van der Waals surface area (Å²) in [6.45, 7) is 1.56. The number of nitrogens with zero attached hydrogens (tertiary/aromatic N) is 4. The number of aromatic nitrogens is 4. The van der Waals surface area contributed by atoms with E-state index in [2.05, 4.69) is 26.3 Å². The van der Waals surface area contributed by atoms with Gasteiger partial charge in [-0.05, 0) is 35.9 Å². The van der Waals surface area contributed by atoms with E-state index < -0.39 is 11.8 Å². The standard InChI is InChI=1S/C19H20N6O4/c1-14-7-5-6-10-16(14)29-13-19(27)22-21-18(26)11-25-23-17(20-24-25)12-28-15-8-3-2-4-9-15/h2-10H,11-13H2,1H3,(H,21,26)(H,22,27). The second-order valence-electron chi connectivity index (χ2n) is 5.99. The third-order valence-corrected chi connectivity index (χ3v) is 3.68. The first kappa shape index (κ1) is 19.8. The topological polar surface area (TPSA) is 120 Å². The van der Waals surface area contributed by atoms with E-state index in [0.29, 0.717) is 17.3 Å². The molecule has 0 saturated heterocycles. The zero-order chi connectivity index (χ0) is 20.5. The number of hydrogen-bond acceptors (Lipinski definition) is 7. The van der Waals surface area contributed by atoms with Crippen molar-refractivity contribution in [1.82, 2.24) is 31.1 Å². The fourth-order valence-electron chi connectivity index (χ4n) is 2.27. The molecule has 2 N–H and O–H groups in total. The highest BCUT2D eigenvalue weighted by atomic mass is 16.5. The summed E-state index contributed by atoms with van der Waals surface area (Å²) < 4.78 is 10.9. The number of benzene rings is 2. The maximum absolute atomic E-state index is 11.9. The SMILES string of the molecule is Cc1ccccc1OCC(=O)NNC(=O)Cn1nnc(COc2ccccc2)n1. The van der Waals surface area contributed by atoms with Crippen LogP contribution in [0, 0.1) is 6.92 Å². The first-order valence-corrected chi connectivity index (χ1v) is 8.81. The lowest BCUT2D eigenvalue weighted by Crippen LogP contribution is -2.45. The molecule has 0 fully saturated rings.